The van der Waals surface area contributed by atoms with E-state index < -0.39 is 0 Å². The van der Waals surface area contributed by atoms with Gasteiger partial charge in [0.15, 0.2) is 0 Å². The second-order valence-electron chi connectivity index (χ2n) is 11.5. The molecule has 0 saturated carbocycles. The second kappa shape index (κ2) is 8.81. The Morgan fingerprint density at radius 2 is 1.34 bits per heavy atom. The van der Waals surface area contributed by atoms with Gasteiger partial charge >= 0.3 is 0 Å². The molecule has 8 nitrogen and oxygen atoms in total. The third-order valence-corrected chi connectivity index (χ3v) is 9.24. The van der Waals surface area contributed by atoms with Crippen molar-refractivity contribution in [2.75, 3.05) is 0 Å². The minimum Gasteiger partial charge on any atom is -0.357 e. The lowest BCUT2D eigenvalue weighted by Gasteiger charge is -2.31. The zero-order valence-electron chi connectivity index (χ0n) is 23.3. The number of pyridine rings is 3. The first-order chi connectivity index (χ1) is 21.8. The number of hydrogen-bond donors (Lipinski definition) is 1. The first kappa shape index (κ1) is 23.6. The molecule has 0 amide bonds. The molecule has 0 saturated heterocycles. The summed E-state index contributed by atoms with van der Waals surface area (Å²) in [6.07, 6.45) is 19.0. The molecule has 1 aliphatic carbocycles. The van der Waals surface area contributed by atoms with Crippen molar-refractivity contribution in [2.45, 2.75) is 17.8 Å². The molecule has 0 fully saturated rings. The Labute approximate surface area is 251 Å². The monoisotopic (exact) mass is 566 g/mol. The smallest absolute Gasteiger partial charge is 0.0948 e. The average molecular weight is 567 g/mol. The van der Waals surface area contributed by atoms with E-state index in [4.69, 9.17) is 20.0 Å². The number of aliphatic imine (C=N–C) groups is 4. The van der Waals surface area contributed by atoms with Crippen LogP contribution < -0.4 is 0 Å². The van der Waals surface area contributed by atoms with Gasteiger partial charge in [-0.15, -0.1) is 0 Å². The van der Waals surface area contributed by atoms with Crippen LogP contribution in [0.4, 0.5) is 5.69 Å². The summed E-state index contributed by atoms with van der Waals surface area (Å²) in [6.45, 7) is 0. The van der Waals surface area contributed by atoms with Gasteiger partial charge in [-0.05, 0) is 76.9 Å². The Balaban J connectivity index is 1.23. The van der Waals surface area contributed by atoms with Crippen molar-refractivity contribution in [2.24, 2.45) is 20.0 Å². The summed E-state index contributed by atoms with van der Waals surface area (Å²) in [5, 5.41) is 1.14. The first-order valence-electron chi connectivity index (χ1n) is 14.6. The topological polar surface area (TPSA) is 104 Å². The van der Waals surface area contributed by atoms with Gasteiger partial charge in [-0.2, -0.15) is 0 Å². The summed E-state index contributed by atoms with van der Waals surface area (Å²) in [6, 6.07) is 16.9. The van der Waals surface area contributed by atoms with E-state index in [0.29, 0.717) is 0 Å². The number of H-pyrrole nitrogens is 1. The number of hydrogen-bond acceptors (Lipinski definition) is 7. The third-order valence-electron chi connectivity index (χ3n) is 9.24. The maximum atomic E-state index is 5.23. The van der Waals surface area contributed by atoms with E-state index in [1.807, 2.05) is 67.8 Å². The van der Waals surface area contributed by atoms with Crippen molar-refractivity contribution in [3.05, 3.63) is 155 Å². The molecule has 0 radical (unpaired) electrons. The van der Waals surface area contributed by atoms with E-state index in [1.54, 1.807) is 0 Å². The van der Waals surface area contributed by atoms with Gasteiger partial charge in [-0.25, -0.2) is 9.98 Å². The minimum absolute atomic E-state index is 0.0288. The molecule has 5 aromatic rings. The summed E-state index contributed by atoms with van der Waals surface area (Å²) in [4.78, 5) is 36.8. The number of benzene rings is 1. The predicted octanol–water partition coefficient (Wildman–Crippen LogP) is 6.49. The van der Waals surface area contributed by atoms with Gasteiger partial charge in [0.05, 0.1) is 46.1 Å². The average Bonchev–Trinajstić information content (AvgIpc) is 3.85. The fourth-order valence-electron chi connectivity index (χ4n) is 7.39. The summed E-state index contributed by atoms with van der Waals surface area (Å²) in [5.74, 6) is -0.142. The highest BCUT2D eigenvalue weighted by Crippen LogP contribution is 2.54. The fraction of sp³-hybridized carbons (Fsp3) is 0.0833. The Hall–Kier alpha value is -5.89. The minimum atomic E-state index is -0.0954. The van der Waals surface area contributed by atoms with Crippen LogP contribution in [0.3, 0.4) is 0 Å². The third kappa shape index (κ3) is 3.19. The van der Waals surface area contributed by atoms with E-state index in [9.17, 15) is 0 Å². The number of allylic oxidation sites excluding steroid dienone is 4. The van der Waals surface area contributed by atoms with Crippen molar-refractivity contribution in [3.8, 4) is 0 Å². The molecule has 1 aromatic carbocycles. The van der Waals surface area contributed by atoms with Crippen LogP contribution in [0.25, 0.3) is 10.9 Å². The first-order valence-corrected chi connectivity index (χ1v) is 14.6. The maximum Gasteiger partial charge on any atom is 0.0948 e. The molecule has 4 aromatic heterocycles. The standard InChI is InChI=1S/C36H22N8/c1-9-37-10-2-19(1)22-7-15-40-32-24-18-26-23(17-27(24)43-33(22)32)30-28(20-3-11-38-12-4-20)36-31(34-25(42-36)8-16-41-34)29(35(30)44-26)21-5-13-39-14-6-21/h1-18,22,28-29,44H. The van der Waals surface area contributed by atoms with E-state index in [1.165, 1.54) is 5.56 Å². The van der Waals surface area contributed by atoms with Gasteiger partial charge in [0, 0.05) is 83.2 Å². The molecule has 4 aliphatic heterocycles. The Bertz CT molecular complexity index is 2270. The zero-order valence-corrected chi connectivity index (χ0v) is 23.3. The molecule has 8 heteroatoms. The molecule has 206 valence electrons. The number of nitrogens with zero attached hydrogens (tertiary/aromatic N) is 7. The molecule has 3 atom stereocenters. The second-order valence-corrected chi connectivity index (χ2v) is 11.5. The van der Waals surface area contributed by atoms with Crippen LogP contribution in [-0.4, -0.2) is 42.8 Å². The quantitative estimate of drug-likeness (QED) is 0.270. The molecular formula is C36H22N8. The molecule has 0 bridgehead atoms. The Morgan fingerprint density at radius 1 is 0.659 bits per heavy atom. The van der Waals surface area contributed by atoms with Gasteiger partial charge in [-0.1, -0.05) is 6.08 Å². The van der Waals surface area contributed by atoms with Crippen molar-refractivity contribution < 1.29 is 0 Å². The predicted molar refractivity (Wildman–Crippen MR) is 171 cm³/mol. The lowest BCUT2D eigenvalue weighted by atomic mass is 9.72. The van der Waals surface area contributed by atoms with E-state index in [-0.39, 0.29) is 17.8 Å². The largest absolute Gasteiger partial charge is 0.357 e. The normalized spacial score (nSPS) is 22.1. The van der Waals surface area contributed by atoms with Crippen LogP contribution in [-0.2, 0) is 0 Å². The van der Waals surface area contributed by atoms with Gasteiger partial charge < -0.3 is 4.98 Å². The summed E-state index contributed by atoms with van der Waals surface area (Å²) < 4.78 is 0. The van der Waals surface area contributed by atoms with Crippen LogP contribution in [0.15, 0.2) is 142 Å². The van der Waals surface area contributed by atoms with Crippen molar-refractivity contribution in [3.63, 3.8) is 0 Å². The summed E-state index contributed by atoms with van der Waals surface area (Å²) in [7, 11) is 0. The van der Waals surface area contributed by atoms with Crippen LogP contribution >= 0.6 is 0 Å². The molecule has 10 rings (SSSR count). The van der Waals surface area contributed by atoms with Crippen LogP contribution in [0.5, 0.6) is 0 Å². The number of fused-ring (bicyclic) bond motifs is 8. The highest BCUT2D eigenvalue weighted by molar-refractivity contribution is 6.56. The van der Waals surface area contributed by atoms with Crippen LogP contribution in [0.1, 0.15) is 51.3 Å². The van der Waals surface area contributed by atoms with Crippen LogP contribution in [0, 0.1) is 0 Å². The number of aromatic amines is 1. The fourth-order valence-corrected chi connectivity index (χ4v) is 7.39. The Kier molecular flexibility index (Phi) is 4.74. The van der Waals surface area contributed by atoms with E-state index in [2.05, 4.69) is 62.4 Å². The lowest BCUT2D eigenvalue weighted by Crippen LogP contribution is -2.22. The van der Waals surface area contributed by atoms with Gasteiger partial charge in [0.25, 0.3) is 0 Å². The molecule has 0 spiro atoms. The van der Waals surface area contributed by atoms with Crippen LogP contribution in [0.2, 0.25) is 0 Å². The van der Waals surface area contributed by atoms with Crippen molar-refractivity contribution in [1.82, 2.24) is 19.9 Å². The molecule has 1 N–H and O–H groups in total. The highest BCUT2D eigenvalue weighted by Gasteiger charge is 2.45. The molecule has 8 heterocycles. The van der Waals surface area contributed by atoms with E-state index >= 15 is 0 Å². The van der Waals surface area contributed by atoms with Crippen molar-refractivity contribution in [1.29, 1.82) is 0 Å². The van der Waals surface area contributed by atoms with Gasteiger partial charge in [0.2, 0.25) is 0 Å². The number of rotatable bonds is 3. The number of aromatic nitrogens is 4. The van der Waals surface area contributed by atoms with E-state index in [0.717, 1.165) is 78.7 Å². The van der Waals surface area contributed by atoms with Gasteiger partial charge in [-0.3, -0.25) is 24.9 Å². The molecular weight excluding hydrogens is 544 g/mol. The lowest BCUT2D eigenvalue weighted by molar-refractivity contribution is 0.802. The molecule has 5 aliphatic rings. The van der Waals surface area contributed by atoms with Crippen molar-refractivity contribution >= 4 is 39.4 Å². The summed E-state index contributed by atoms with van der Waals surface area (Å²) in [5.41, 5.74) is 14.8. The Morgan fingerprint density at radius 3 is 2.09 bits per heavy atom. The SMILES string of the molecule is C1=CC2=NC3=C(C2=N1)C(c1ccncc1)c1[nH]c2cc4c(cc2c1C3c1ccncc1)N=C1C4=NC=CC1c1ccncc1. The highest BCUT2D eigenvalue weighted by atomic mass is 14.9. The molecule has 44 heavy (non-hydrogen) atoms. The number of nitrogens with one attached hydrogen (secondary N) is 1. The zero-order chi connectivity index (χ0) is 28.8. The molecule has 3 unspecified atom stereocenters. The maximum absolute atomic E-state index is 5.23. The summed E-state index contributed by atoms with van der Waals surface area (Å²) >= 11 is 0. The van der Waals surface area contributed by atoms with Gasteiger partial charge in [0.1, 0.15) is 0 Å².